The van der Waals surface area contributed by atoms with Gasteiger partial charge in [-0.1, -0.05) is 60.1 Å². The van der Waals surface area contributed by atoms with Crippen LogP contribution in [-0.4, -0.2) is 79.2 Å². The lowest BCUT2D eigenvalue weighted by atomic mass is 9.35. The first kappa shape index (κ1) is 43.4. The molecule has 0 spiro atoms. The van der Waals surface area contributed by atoms with E-state index < -0.39 is 22.8 Å². The number of carbonyl (C=O) groups excluding carboxylic acids is 2. The normalized spacial score (nSPS) is 32.0. The number of carboxylic acid groups (broad SMARTS) is 1. The molecule has 57 heavy (non-hydrogen) atoms. The molecule has 0 saturated heterocycles. The molecule has 1 N–H and O–H groups in total. The summed E-state index contributed by atoms with van der Waals surface area (Å²) in [5.74, 6) is 2.02. The molecule has 4 aliphatic rings. The molecule has 3 saturated carbocycles. The summed E-state index contributed by atoms with van der Waals surface area (Å²) in [6, 6.07) is 0. The second-order valence-electron chi connectivity index (χ2n) is 20.1. The van der Waals surface area contributed by atoms with Gasteiger partial charge in [0.05, 0.1) is 22.3 Å². The van der Waals surface area contributed by atoms with Crippen LogP contribution < -0.4 is 0 Å². The smallest absolute Gasteiger partial charge is 0.309 e. The first-order chi connectivity index (χ1) is 26.6. The molecule has 0 aromatic carbocycles. The van der Waals surface area contributed by atoms with Gasteiger partial charge in [0.15, 0.2) is 11.6 Å². The monoisotopic (exact) mass is 806 g/mol. The number of aliphatic carboxylic acids is 1. The summed E-state index contributed by atoms with van der Waals surface area (Å²) in [6.07, 6.45) is 11.7. The summed E-state index contributed by atoms with van der Waals surface area (Å²) in [5, 5.41) is 19.8. The van der Waals surface area contributed by atoms with Gasteiger partial charge < -0.3 is 19.3 Å². The standard InChI is InChI=1S/C45H67ClN6O5/c1-12-30(57-34(54)24-41(5,6)40(55)56)16-17-42(7)28(4)15-18-44(9)33(42)14-13-31-36-35(27(2)3)32(53)23-45(36,20-19-43(31,44)8)39-50-49-38(52(39)22-21-51(10)11)37-47-25-29(46)26-48-37/h25-28,30-31,33H,12-24H2,1-11H3,(H,55,56)/t28-,30-,31?,33?,42+,43-,44-,45-/m1/s1. The van der Waals surface area contributed by atoms with E-state index in [0.29, 0.717) is 47.9 Å². The summed E-state index contributed by atoms with van der Waals surface area (Å²) in [7, 11) is 4.12. The minimum Gasteiger partial charge on any atom is -0.481 e. The molecule has 11 nitrogen and oxygen atoms in total. The zero-order valence-corrected chi connectivity index (χ0v) is 37.1. The Balaban J connectivity index is 1.36. The molecule has 0 radical (unpaired) electrons. The van der Waals surface area contributed by atoms with Gasteiger partial charge in [0, 0.05) is 31.9 Å². The number of Topliss-reactive ketones (excluding diaryl/α,β-unsaturated/α-hetero) is 1. The highest BCUT2D eigenvalue weighted by atomic mass is 35.5. The minimum atomic E-state index is -1.17. The van der Waals surface area contributed by atoms with Crippen LogP contribution in [0.1, 0.15) is 139 Å². The number of hydrogen-bond donors (Lipinski definition) is 1. The first-order valence-electron chi connectivity index (χ1n) is 21.4. The number of fused-ring (bicyclic) bond motifs is 5. The lowest BCUT2D eigenvalue weighted by Gasteiger charge is -2.69. The van der Waals surface area contributed by atoms with E-state index in [-0.39, 0.29) is 46.4 Å². The molecule has 6 rings (SSSR count). The van der Waals surface area contributed by atoms with Crippen molar-refractivity contribution in [2.45, 2.75) is 151 Å². The van der Waals surface area contributed by atoms with E-state index in [1.807, 2.05) is 6.92 Å². The molecule has 0 aliphatic heterocycles. The molecule has 0 bridgehead atoms. The van der Waals surface area contributed by atoms with Gasteiger partial charge in [-0.05, 0) is 137 Å². The summed E-state index contributed by atoms with van der Waals surface area (Å²) >= 11 is 6.20. The minimum absolute atomic E-state index is 0.0227. The maximum absolute atomic E-state index is 14.5. The third kappa shape index (κ3) is 7.40. The Labute approximate surface area is 345 Å². The third-order valence-corrected chi connectivity index (χ3v) is 16.1. The van der Waals surface area contributed by atoms with E-state index in [1.165, 1.54) is 5.57 Å². The van der Waals surface area contributed by atoms with Crippen LogP contribution in [0.3, 0.4) is 0 Å². The summed E-state index contributed by atoms with van der Waals surface area (Å²) in [6.45, 7) is 21.0. The maximum atomic E-state index is 14.5. The third-order valence-electron chi connectivity index (χ3n) is 15.9. The zero-order valence-electron chi connectivity index (χ0n) is 36.4. The number of esters is 1. The van der Waals surface area contributed by atoms with Crippen molar-refractivity contribution >= 4 is 29.3 Å². The molecule has 2 aromatic heterocycles. The predicted octanol–water partition coefficient (Wildman–Crippen LogP) is 8.99. The van der Waals surface area contributed by atoms with Crippen molar-refractivity contribution in [2.75, 3.05) is 20.6 Å². The van der Waals surface area contributed by atoms with Gasteiger partial charge in [0.2, 0.25) is 5.82 Å². The van der Waals surface area contributed by atoms with Gasteiger partial charge in [0.1, 0.15) is 11.9 Å². The predicted molar refractivity (Wildman–Crippen MR) is 221 cm³/mol. The first-order valence-corrected chi connectivity index (χ1v) is 21.8. The molecule has 4 aliphatic carbocycles. The Kier molecular flexibility index (Phi) is 12.0. The molecule has 2 heterocycles. The van der Waals surface area contributed by atoms with Crippen LogP contribution in [0.4, 0.5) is 0 Å². The van der Waals surface area contributed by atoms with E-state index in [4.69, 9.17) is 26.5 Å². The summed E-state index contributed by atoms with van der Waals surface area (Å²) in [5.41, 5.74) is 0.608. The molecule has 3 fully saturated rings. The number of nitrogens with zero attached hydrogens (tertiary/aromatic N) is 6. The number of aromatic nitrogens is 5. The Morgan fingerprint density at radius 1 is 1.05 bits per heavy atom. The molecule has 314 valence electrons. The van der Waals surface area contributed by atoms with Crippen molar-refractivity contribution in [2.24, 2.45) is 45.3 Å². The fraction of sp³-hybridized carbons (Fsp3) is 0.756. The number of likely N-dealkylation sites (N-methyl/N-ethyl adjacent to an activating group) is 1. The SMILES string of the molecule is CC[C@H](CC[C@]1(C)C2CCC3C4=C(C(C)C)C(=O)C[C@]4(c4nnc(-c5ncc(Cl)cn5)n4CCN(C)C)CC[C@@]3(C)[C@]2(C)CC[C@H]1C)OC(=O)CC(C)(C)C(=O)O. The van der Waals surface area contributed by atoms with Crippen LogP contribution in [0.2, 0.25) is 5.02 Å². The largest absolute Gasteiger partial charge is 0.481 e. The molecular formula is C45H67ClN6O5. The second kappa shape index (κ2) is 15.8. The van der Waals surface area contributed by atoms with Gasteiger partial charge in [-0.3, -0.25) is 14.4 Å². The van der Waals surface area contributed by atoms with Crippen LogP contribution in [-0.2, 0) is 31.1 Å². The van der Waals surface area contributed by atoms with Crippen molar-refractivity contribution < 1.29 is 24.2 Å². The average Bonchev–Trinajstić information content (AvgIpc) is 3.70. The topological polar surface area (TPSA) is 140 Å². The van der Waals surface area contributed by atoms with Gasteiger partial charge >= 0.3 is 11.9 Å². The van der Waals surface area contributed by atoms with Crippen molar-refractivity contribution in [1.29, 1.82) is 0 Å². The van der Waals surface area contributed by atoms with Crippen molar-refractivity contribution in [1.82, 2.24) is 29.6 Å². The van der Waals surface area contributed by atoms with E-state index in [9.17, 15) is 19.5 Å². The number of carboxylic acids is 1. The van der Waals surface area contributed by atoms with E-state index in [1.54, 1.807) is 26.2 Å². The van der Waals surface area contributed by atoms with Crippen molar-refractivity contribution in [3.8, 4) is 11.6 Å². The molecule has 12 heteroatoms. The van der Waals surface area contributed by atoms with Gasteiger partial charge in [-0.15, -0.1) is 10.2 Å². The maximum Gasteiger partial charge on any atom is 0.309 e. The highest BCUT2D eigenvalue weighted by molar-refractivity contribution is 6.30. The summed E-state index contributed by atoms with van der Waals surface area (Å²) in [4.78, 5) is 50.4. The van der Waals surface area contributed by atoms with Gasteiger partial charge in [-0.25, -0.2) is 9.97 Å². The molecule has 2 unspecified atom stereocenters. The molecule has 8 atom stereocenters. The van der Waals surface area contributed by atoms with E-state index in [2.05, 4.69) is 75.1 Å². The lowest BCUT2D eigenvalue weighted by Crippen LogP contribution is -2.62. The number of ketones is 1. The molecule has 0 amide bonds. The average molecular weight is 808 g/mol. The van der Waals surface area contributed by atoms with Gasteiger partial charge in [0.25, 0.3) is 0 Å². The van der Waals surface area contributed by atoms with Crippen LogP contribution in [0.5, 0.6) is 0 Å². The van der Waals surface area contributed by atoms with Crippen LogP contribution >= 0.6 is 11.6 Å². The van der Waals surface area contributed by atoms with Gasteiger partial charge in [-0.2, -0.15) is 0 Å². The number of halogens is 1. The Morgan fingerprint density at radius 3 is 2.35 bits per heavy atom. The van der Waals surface area contributed by atoms with Crippen LogP contribution in [0, 0.1) is 45.3 Å². The van der Waals surface area contributed by atoms with E-state index in [0.717, 1.165) is 69.3 Å². The number of ether oxygens (including phenoxy) is 1. The molecule has 2 aromatic rings. The number of carbonyl (C=O) groups is 3. The Bertz CT molecular complexity index is 1890. The fourth-order valence-corrected chi connectivity index (χ4v) is 12.2. The molecular weight excluding hydrogens is 740 g/mol. The van der Waals surface area contributed by atoms with Crippen molar-refractivity contribution in [3.63, 3.8) is 0 Å². The summed E-state index contributed by atoms with van der Waals surface area (Å²) < 4.78 is 8.16. The van der Waals surface area contributed by atoms with Crippen LogP contribution in [0.25, 0.3) is 11.6 Å². The Morgan fingerprint density at radius 2 is 1.74 bits per heavy atom. The van der Waals surface area contributed by atoms with Crippen LogP contribution in [0.15, 0.2) is 23.5 Å². The fourth-order valence-electron chi connectivity index (χ4n) is 12.1. The van der Waals surface area contributed by atoms with E-state index >= 15 is 0 Å². The number of hydrogen-bond acceptors (Lipinski definition) is 9. The number of allylic oxidation sites excluding steroid dienone is 2. The lowest BCUT2D eigenvalue weighted by molar-refractivity contribution is -0.184. The zero-order chi connectivity index (χ0) is 41.9. The Hall–Kier alpha value is -3.18. The quantitative estimate of drug-likeness (QED) is 0.184. The number of rotatable bonds is 14. The van der Waals surface area contributed by atoms with Crippen molar-refractivity contribution in [3.05, 3.63) is 34.4 Å². The second-order valence-corrected chi connectivity index (χ2v) is 20.5. The highest BCUT2D eigenvalue weighted by Crippen LogP contribution is 2.74. The highest BCUT2D eigenvalue weighted by Gasteiger charge is 2.68.